The molecule has 0 radical (unpaired) electrons. The number of methoxy groups -OCH3 is 1. The minimum Gasteiger partial charge on any atom is -0.550 e. The Bertz CT molecular complexity index is 940. The molecule has 2 aromatic rings. The molecule has 212 valence electrons. The van der Waals surface area contributed by atoms with Crippen molar-refractivity contribution in [1.29, 1.82) is 0 Å². The van der Waals surface area contributed by atoms with Crippen LogP contribution >= 0.6 is 11.8 Å². The van der Waals surface area contributed by atoms with Gasteiger partial charge in [-0.2, -0.15) is 11.8 Å². The summed E-state index contributed by atoms with van der Waals surface area (Å²) in [6.45, 7) is 3.74. The van der Waals surface area contributed by atoms with Crippen LogP contribution in [0.25, 0.3) is 11.3 Å². The first-order valence-corrected chi connectivity index (χ1v) is 13.7. The number of furan rings is 1. The standard InChI is InChI=1S/C22H28N2O7.C5H12OS.Na/c1-14(25)24-18(9-10-21(27)28)20(30-2)12-17(26)13-23-22(29)16-7-5-15(6-8-16)19-4-3-11-31-19;1-2-7-5-3-4-6;/h3-8,11,17-18,20,26H,9-10,12-13H2,1-2H3,(H,23,29)(H,24,25)(H,27,28);6H,2-5H2,1H3;/q;;+1/p-1/t17?,18?,20-;;/m0../s1. The van der Waals surface area contributed by atoms with Crippen LogP contribution < -0.4 is 45.3 Å². The van der Waals surface area contributed by atoms with Crippen molar-refractivity contribution in [3.8, 4) is 11.3 Å². The van der Waals surface area contributed by atoms with Gasteiger partial charge in [-0.25, -0.2) is 0 Å². The fraction of sp³-hybridized carbons (Fsp3) is 0.519. The molecular weight excluding hydrogens is 535 g/mol. The molecule has 0 saturated carbocycles. The number of carbonyl (C=O) groups excluding carboxylic acids is 3. The molecule has 0 fully saturated rings. The van der Waals surface area contributed by atoms with E-state index in [0.29, 0.717) is 17.9 Å². The second-order valence-corrected chi connectivity index (χ2v) is 9.81. The molecule has 4 N–H and O–H groups in total. The molecule has 2 unspecified atom stereocenters. The summed E-state index contributed by atoms with van der Waals surface area (Å²) >= 11 is 1.87. The second-order valence-electron chi connectivity index (χ2n) is 8.42. The molecule has 0 bridgehead atoms. The molecule has 1 aromatic carbocycles. The van der Waals surface area contributed by atoms with E-state index in [-0.39, 0.29) is 67.2 Å². The number of rotatable bonds is 16. The van der Waals surface area contributed by atoms with Gasteiger partial charge in [-0.15, -0.1) is 0 Å². The number of benzene rings is 1. The molecule has 1 aromatic heterocycles. The van der Waals surface area contributed by atoms with E-state index in [4.69, 9.17) is 14.3 Å². The molecule has 2 amide bonds. The summed E-state index contributed by atoms with van der Waals surface area (Å²) in [5, 5.41) is 34.7. The molecule has 0 spiro atoms. The average Bonchev–Trinajstić information content (AvgIpc) is 3.44. The van der Waals surface area contributed by atoms with E-state index in [9.17, 15) is 24.6 Å². The van der Waals surface area contributed by atoms with Gasteiger partial charge in [0, 0.05) is 50.7 Å². The molecule has 3 atom stereocenters. The smallest absolute Gasteiger partial charge is 0.550 e. The van der Waals surface area contributed by atoms with Crippen LogP contribution in [0.2, 0.25) is 0 Å². The summed E-state index contributed by atoms with van der Waals surface area (Å²) in [6, 6.07) is 9.83. The third-order valence-electron chi connectivity index (χ3n) is 5.41. The van der Waals surface area contributed by atoms with Crippen LogP contribution in [0, 0.1) is 0 Å². The van der Waals surface area contributed by atoms with Crippen molar-refractivity contribution < 1.29 is 68.4 Å². The van der Waals surface area contributed by atoms with Crippen LogP contribution in [0.1, 0.15) is 49.9 Å². The van der Waals surface area contributed by atoms with E-state index < -0.39 is 24.2 Å². The zero-order chi connectivity index (χ0) is 28.3. The molecule has 2 rings (SSSR count). The fourth-order valence-electron chi connectivity index (χ4n) is 3.51. The Morgan fingerprint density at radius 3 is 2.38 bits per heavy atom. The molecular formula is C27H39N2NaO8S. The van der Waals surface area contributed by atoms with Crippen molar-refractivity contribution >= 4 is 29.5 Å². The number of carboxylic acid groups (broad SMARTS) is 1. The summed E-state index contributed by atoms with van der Waals surface area (Å²) in [4.78, 5) is 34.5. The Morgan fingerprint density at radius 2 is 1.87 bits per heavy atom. The topological polar surface area (TPSA) is 161 Å². The Balaban J connectivity index is 0.00000159. The summed E-state index contributed by atoms with van der Waals surface area (Å²) in [6.07, 6.45) is 0.843. The first-order chi connectivity index (χ1) is 18.2. The van der Waals surface area contributed by atoms with E-state index in [0.717, 1.165) is 17.7 Å². The van der Waals surface area contributed by atoms with E-state index in [1.165, 1.54) is 19.8 Å². The summed E-state index contributed by atoms with van der Waals surface area (Å²) < 4.78 is 10.7. The van der Waals surface area contributed by atoms with Crippen LogP contribution in [-0.2, 0) is 14.3 Å². The number of carboxylic acids is 1. The monoisotopic (exact) mass is 574 g/mol. The quantitative estimate of drug-likeness (QED) is 0.140. The minimum absolute atomic E-state index is 0. The maximum absolute atomic E-state index is 12.4. The second kappa shape index (κ2) is 21.9. The Kier molecular flexibility index (Phi) is 20.9. The van der Waals surface area contributed by atoms with Gasteiger partial charge in [-0.05, 0) is 55.0 Å². The molecule has 1 heterocycles. The number of carbonyl (C=O) groups is 3. The number of nitrogens with one attached hydrogen (secondary N) is 2. The molecule has 10 nitrogen and oxygen atoms in total. The van der Waals surface area contributed by atoms with Crippen LogP contribution in [0.5, 0.6) is 0 Å². The molecule has 0 aliphatic carbocycles. The predicted molar refractivity (Wildman–Crippen MR) is 144 cm³/mol. The van der Waals surface area contributed by atoms with Crippen LogP contribution in [0.4, 0.5) is 0 Å². The van der Waals surface area contributed by atoms with Crippen molar-refractivity contribution in [2.24, 2.45) is 0 Å². The zero-order valence-corrected chi connectivity index (χ0v) is 26.0. The molecule has 0 aliphatic heterocycles. The van der Waals surface area contributed by atoms with Gasteiger partial charge in [0.05, 0.1) is 24.5 Å². The summed E-state index contributed by atoms with van der Waals surface area (Å²) in [5.41, 5.74) is 1.26. The fourth-order valence-corrected chi connectivity index (χ4v) is 4.14. The van der Waals surface area contributed by atoms with Gasteiger partial charge in [0.1, 0.15) is 5.76 Å². The average molecular weight is 575 g/mol. The van der Waals surface area contributed by atoms with Gasteiger partial charge in [0.2, 0.25) is 5.91 Å². The van der Waals surface area contributed by atoms with E-state index in [1.807, 2.05) is 17.8 Å². The van der Waals surface area contributed by atoms with Crippen LogP contribution in [-0.4, -0.2) is 78.0 Å². The van der Waals surface area contributed by atoms with Gasteiger partial charge in [0.15, 0.2) is 0 Å². The molecule has 12 heteroatoms. The largest absolute Gasteiger partial charge is 1.00 e. The molecule has 0 aliphatic rings. The van der Waals surface area contributed by atoms with Crippen molar-refractivity contribution in [2.45, 2.75) is 57.8 Å². The third kappa shape index (κ3) is 16.1. The van der Waals surface area contributed by atoms with Gasteiger partial charge >= 0.3 is 29.6 Å². The summed E-state index contributed by atoms with van der Waals surface area (Å²) in [7, 11) is 1.41. The molecule has 0 saturated heterocycles. The Labute approximate surface area is 256 Å². The zero-order valence-electron chi connectivity index (χ0n) is 23.2. The number of ether oxygens (including phenoxy) is 1. The number of aliphatic hydroxyl groups excluding tert-OH is 2. The summed E-state index contributed by atoms with van der Waals surface area (Å²) in [5.74, 6) is 1.03. The van der Waals surface area contributed by atoms with Gasteiger partial charge < -0.3 is 39.9 Å². The van der Waals surface area contributed by atoms with E-state index in [1.54, 1.807) is 36.6 Å². The maximum Gasteiger partial charge on any atom is 1.00 e. The van der Waals surface area contributed by atoms with Crippen molar-refractivity contribution in [3.63, 3.8) is 0 Å². The Hall–Kier alpha value is -1.86. The van der Waals surface area contributed by atoms with Gasteiger partial charge in [-0.1, -0.05) is 19.1 Å². The number of aliphatic carboxylic acids is 1. The van der Waals surface area contributed by atoms with Crippen LogP contribution in [0.3, 0.4) is 0 Å². The normalized spacial score (nSPS) is 12.6. The Morgan fingerprint density at radius 1 is 1.18 bits per heavy atom. The van der Waals surface area contributed by atoms with Crippen molar-refractivity contribution in [2.75, 3.05) is 31.8 Å². The maximum atomic E-state index is 12.4. The van der Waals surface area contributed by atoms with Crippen molar-refractivity contribution in [3.05, 3.63) is 48.2 Å². The van der Waals surface area contributed by atoms with Gasteiger partial charge in [-0.3, -0.25) is 9.59 Å². The molecule has 39 heavy (non-hydrogen) atoms. The first kappa shape index (κ1) is 37.1. The SMILES string of the molecule is CCSCCCO.CO[C@@H](CC(O)CNC(=O)c1ccc(-c2ccco2)cc1)C(CCC(=O)[O-])NC(C)=O.[Na+]. The first-order valence-electron chi connectivity index (χ1n) is 12.5. The van der Waals surface area contributed by atoms with Crippen LogP contribution in [0.15, 0.2) is 47.1 Å². The predicted octanol–water partition coefficient (Wildman–Crippen LogP) is -1.40. The number of aliphatic hydroxyl groups is 2. The third-order valence-corrected chi connectivity index (χ3v) is 6.39. The van der Waals surface area contributed by atoms with Gasteiger partial charge in [0.25, 0.3) is 5.91 Å². The number of amides is 2. The van der Waals surface area contributed by atoms with E-state index in [2.05, 4.69) is 17.6 Å². The van der Waals surface area contributed by atoms with E-state index >= 15 is 0 Å². The minimum atomic E-state index is -1.24. The number of hydrogen-bond donors (Lipinski definition) is 4. The number of thioether (sulfide) groups is 1. The van der Waals surface area contributed by atoms with Crippen molar-refractivity contribution in [1.82, 2.24) is 10.6 Å². The number of hydrogen-bond acceptors (Lipinski definition) is 9.